The van der Waals surface area contributed by atoms with Gasteiger partial charge in [-0.1, -0.05) is 29.8 Å². The van der Waals surface area contributed by atoms with Gasteiger partial charge in [-0.05, 0) is 24.1 Å². The molecule has 0 saturated carbocycles. The van der Waals surface area contributed by atoms with Crippen molar-refractivity contribution in [2.24, 2.45) is 7.05 Å². The second kappa shape index (κ2) is 5.55. The molecule has 0 aliphatic rings. The summed E-state index contributed by atoms with van der Waals surface area (Å²) in [7, 11) is 1.83. The quantitative estimate of drug-likeness (QED) is 0.900. The third-order valence-electron chi connectivity index (χ3n) is 3.01. The van der Waals surface area contributed by atoms with E-state index in [0.29, 0.717) is 22.8 Å². The molecular formula is C14H16BrN5. The molecule has 1 aromatic carbocycles. The first-order valence-corrected chi connectivity index (χ1v) is 7.02. The predicted molar refractivity (Wildman–Crippen MR) is 83.8 cm³/mol. The Bertz CT molecular complexity index is 682. The molecule has 104 valence electrons. The van der Waals surface area contributed by atoms with Gasteiger partial charge in [0, 0.05) is 11.5 Å². The maximum atomic E-state index is 9.19. The normalized spacial score (nSPS) is 10.6. The van der Waals surface area contributed by atoms with Crippen LogP contribution in [0.1, 0.15) is 31.0 Å². The van der Waals surface area contributed by atoms with E-state index in [0.717, 1.165) is 10.2 Å². The zero-order valence-corrected chi connectivity index (χ0v) is 13.2. The van der Waals surface area contributed by atoms with Crippen LogP contribution >= 0.6 is 15.9 Å². The van der Waals surface area contributed by atoms with Crippen LogP contribution in [0.15, 0.2) is 22.7 Å². The first kappa shape index (κ1) is 14.4. The fraction of sp³-hybridized carbons (Fsp3) is 0.286. The summed E-state index contributed by atoms with van der Waals surface area (Å²) in [5, 5.41) is 16.8. The second-order valence-electron chi connectivity index (χ2n) is 4.85. The Morgan fingerprint density at radius 1 is 1.45 bits per heavy atom. The maximum absolute atomic E-state index is 9.19. The van der Waals surface area contributed by atoms with Gasteiger partial charge in [-0.15, -0.1) is 0 Å². The van der Waals surface area contributed by atoms with Gasteiger partial charge in [0.1, 0.15) is 6.07 Å². The van der Waals surface area contributed by atoms with Crippen LogP contribution in [0.4, 0.5) is 17.2 Å². The van der Waals surface area contributed by atoms with E-state index in [2.05, 4.69) is 32.4 Å². The third kappa shape index (κ3) is 2.63. The Kier molecular flexibility index (Phi) is 4.00. The molecule has 0 amide bonds. The lowest BCUT2D eigenvalue weighted by atomic mass is 10.1. The van der Waals surface area contributed by atoms with Gasteiger partial charge >= 0.3 is 0 Å². The summed E-state index contributed by atoms with van der Waals surface area (Å²) in [6, 6.07) is 7.64. The summed E-state index contributed by atoms with van der Waals surface area (Å²) in [6.07, 6.45) is 0. The Balaban J connectivity index is 2.43. The molecule has 3 N–H and O–H groups in total. The first-order chi connectivity index (χ1) is 9.43. The van der Waals surface area contributed by atoms with Crippen molar-refractivity contribution in [3.8, 4) is 6.07 Å². The van der Waals surface area contributed by atoms with Crippen molar-refractivity contribution in [3.05, 3.63) is 33.9 Å². The van der Waals surface area contributed by atoms with Crippen molar-refractivity contribution in [2.75, 3.05) is 11.1 Å². The largest absolute Gasteiger partial charge is 0.394 e. The van der Waals surface area contributed by atoms with Gasteiger partial charge in [-0.25, -0.2) is 0 Å². The lowest BCUT2D eigenvalue weighted by Crippen LogP contribution is -2.02. The average molecular weight is 334 g/mol. The summed E-state index contributed by atoms with van der Waals surface area (Å²) < 4.78 is 2.56. The molecular weight excluding hydrogens is 318 g/mol. The molecule has 1 heterocycles. The van der Waals surface area contributed by atoms with E-state index in [1.54, 1.807) is 10.7 Å². The minimum absolute atomic E-state index is 0.247. The molecule has 0 unspecified atom stereocenters. The topological polar surface area (TPSA) is 79.7 Å². The fourth-order valence-corrected chi connectivity index (χ4v) is 2.34. The van der Waals surface area contributed by atoms with E-state index in [9.17, 15) is 5.26 Å². The fourth-order valence-electron chi connectivity index (χ4n) is 1.98. The van der Waals surface area contributed by atoms with Gasteiger partial charge in [-0.3, -0.25) is 4.68 Å². The molecule has 0 bridgehead atoms. The SMILES string of the molecule is CC(C)c1nn(C)c(Nc2ccc(Br)cc2C#N)c1N. The number of halogens is 1. The lowest BCUT2D eigenvalue weighted by Gasteiger charge is -2.10. The maximum Gasteiger partial charge on any atom is 0.152 e. The second-order valence-corrected chi connectivity index (χ2v) is 5.77. The van der Waals surface area contributed by atoms with Gasteiger partial charge in [0.25, 0.3) is 0 Å². The highest BCUT2D eigenvalue weighted by molar-refractivity contribution is 9.10. The lowest BCUT2D eigenvalue weighted by molar-refractivity contribution is 0.718. The predicted octanol–water partition coefficient (Wildman–Crippen LogP) is 3.50. The molecule has 0 radical (unpaired) electrons. The molecule has 0 spiro atoms. The molecule has 0 atom stereocenters. The first-order valence-electron chi connectivity index (χ1n) is 6.23. The minimum atomic E-state index is 0.247. The molecule has 6 heteroatoms. The van der Waals surface area contributed by atoms with Crippen LogP contribution in [0.2, 0.25) is 0 Å². The van der Waals surface area contributed by atoms with Gasteiger partial charge in [0.15, 0.2) is 5.82 Å². The molecule has 2 rings (SSSR count). The Morgan fingerprint density at radius 2 is 2.15 bits per heavy atom. The Hall–Kier alpha value is -2.00. The van der Waals surface area contributed by atoms with Crippen LogP contribution in [-0.2, 0) is 7.05 Å². The van der Waals surface area contributed by atoms with Gasteiger partial charge in [0.05, 0.1) is 22.6 Å². The number of hydrogen-bond donors (Lipinski definition) is 2. The number of nitrogens with zero attached hydrogens (tertiary/aromatic N) is 3. The third-order valence-corrected chi connectivity index (χ3v) is 3.51. The van der Waals surface area contributed by atoms with Crippen LogP contribution < -0.4 is 11.1 Å². The standard InChI is InChI=1S/C14H16BrN5/c1-8(2)13-12(17)14(20(3)19-13)18-11-5-4-10(15)6-9(11)7-16/h4-6,8,18H,17H2,1-3H3. The van der Waals surface area contributed by atoms with Crippen molar-refractivity contribution in [1.29, 1.82) is 5.26 Å². The van der Waals surface area contributed by atoms with Crippen LogP contribution in [0.3, 0.4) is 0 Å². The highest BCUT2D eigenvalue weighted by atomic mass is 79.9. The monoisotopic (exact) mass is 333 g/mol. The van der Waals surface area contributed by atoms with Crippen molar-refractivity contribution >= 4 is 33.1 Å². The number of anilines is 3. The van der Waals surface area contributed by atoms with Crippen LogP contribution in [-0.4, -0.2) is 9.78 Å². The number of nitriles is 1. The van der Waals surface area contributed by atoms with Crippen molar-refractivity contribution < 1.29 is 0 Å². The van der Waals surface area contributed by atoms with Crippen molar-refractivity contribution in [3.63, 3.8) is 0 Å². The van der Waals surface area contributed by atoms with Crippen LogP contribution in [0.5, 0.6) is 0 Å². The number of aromatic nitrogens is 2. The number of aryl methyl sites for hydroxylation is 1. The Labute approximate surface area is 126 Å². The number of nitrogens with two attached hydrogens (primary N) is 1. The zero-order valence-electron chi connectivity index (χ0n) is 11.6. The van der Waals surface area contributed by atoms with E-state index in [1.165, 1.54) is 0 Å². The highest BCUT2D eigenvalue weighted by Crippen LogP contribution is 2.31. The number of nitrogen functional groups attached to an aromatic ring is 1. The summed E-state index contributed by atoms with van der Waals surface area (Å²) in [4.78, 5) is 0. The van der Waals surface area contributed by atoms with Gasteiger partial charge in [-0.2, -0.15) is 10.4 Å². The minimum Gasteiger partial charge on any atom is -0.394 e. The number of nitrogens with one attached hydrogen (secondary N) is 1. The van der Waals surface area contributed by atoms with E-state index >= 15 is 0 Å². The summed E-state index contributed by atoms with van der Waals surface area (Å²) >= 11 is 3.35. The smallest absolute Gasteiger partial charge is 0.152 e. The van der Waals surface area contributed by atoms with E-state index < -0.39 is 0 Å². The number of hydrogen-bond acceptors (Lipinski definition) is 4. The van der Waals surface area contributed by atoms with Crippen LogP contribution in [0.25, 0.3) is 0 Å². The number of benzene rings is 1. The molecule has 0 fully saturated rings. The van der Waals surface area contributed by atoms with Crippen LogP contribution in [0, 0.1) is 11.3 Å². The number of rotatable bonds is 3. The molecule has 0 aliphatic carbocycles. The zero-order chi connectivity index (χ0) is 14.9. The average Bonchev–Trinajstić information content (AvgIpc) is 2.68. The van der Waals surface area contributed by atoms with E-state index in [-0.39, 0.29) is 5.92 Å². The molecule has 1 aromatic heterocycles. The molecule has 5 nitrogen and oxygen atoms in total. The van der Waals surface area contributed by atoms with Crippen molar-refractivity contribution in [2.45, 2.75) is 19.8 Å². The molecule has 20 heavy (non-hydrogen) atoms. The summed E-state index contributed by atoms with van der Waals surface area (Å²) in [5.41, 5.74) is 8.86. The summed E-state index contributed by atoms with van der Waals surface area (Å²) in [5.74, 6) is 0.949. The highest BCUT2D eigenvalue weighted by Gasteiger charge is 2.16. The molecule has 2 aromatic rings. The molecule has 0 aliphatic heterocycles. The molecule has 0 saturated heterocycles. The van der Waals surface area contributed by atoms with E-state index in [1.807, 2.05) is 33.0 Å². The van der Waals surface area contributed by atoms with Crippen molar-refractivity contribution in [1.82, 2.24) is 9.78 Å². The van der Waals surface area contributed by atoms with E-state index in [4.69, 9.17) is 5.73 Å². The van der Waals surface area contributed by atoms with Gasteiger partial charge in [0.2, 0.25) is 0 Å². The Morgan fingerprint density at radius 3 is 2.70 bits per heavy atom. The summed E-state index contributed by atoms with van der Waals surface area (Å²) in [6.45, 7) is 4.09. The van der Waals surface area contributed by atoms with Gasteiger partial charge < -0.3 is 11.1 Å².